The predicted molar refractivity (Wildman–Crippen MR) is 65.0 cm³/mol. The number of ketones is 1. The molecule has 1 unspecified atom stereocenters. The number of fused-ring (bicyclic) bond motifs is 1. The molecule has 1 aromatic heterocycles. The van der Waals surface area contributed by atoms with Crippen molar-refractivity contribution in [3.8, 4) is 0 Å². The van der Waals surface area contributed by atoms with Gasteiger partial charge in [0.2, 0.25) is 0 Å². The maximum absolute atomic E-state index is 11.5. The van der Waals surface area contributed by atoms with Crippen molar-refractivity contribution in [2.75, 3.05) is 0 Å². The van der Waals surface area contributed by atoms with Crippen molar-refractivity contribution in [3.05, 3.63) is 41.4 Å². The molecule has 6 heteroatoms. The van der Waals surface area contributed by atoms with E-state index in [0.717, 1.165) is 17.1 Å². The van der Waals surface area contributed by atoms with E-state index in [9.17, 15) is 4.79 Å². The Morgan fingerprint density at radius 3 is 2.94 bits per heavy atom. The number of nitrogens with zero attached hydrogens (tertiary/aromatic N) is 5. The molecule has 0 spiro atoms. The van der Waals surface area contributed by atoms with Crippen molar-refractivity contribution in [2.45, 2.75) is 12.8 Å². The van der Waals surface area contributed by atoms with Crippen LogP contribution in [0, 0.1) is 0 Å². The lowest BCUT2D eigenvalue weighted by atomic mass is 9.90. The van der Waals surface area contributed by atoms with Crippen molar-refractivity contribution in [1.29, 1.82) is 0 Å². The normalized spacial score (nSPS) is 21.2. The molecule has 2 aliphatic rings. The van der Waals surface area contributed by atoms with Crippen LogP contribution < -0.4 is 0 Å². The Labute approximate surface area is 103 Å². The number of carbonyl (C=O) groups excluding carboxylic acids is 1. The van der Waals surface area contributed by atoms with Crippen LogP contribution in [0.2, 0.25) is 0 Å². The van der Waals surface area contributed by atoms with E-state index in [2.05, 4.69) is 20.5 Å². The van der Waals surface area contributed by atoms with E-state index >= 15 is 0 Å². The highest BCUT2D eigenvalue weighted by atomic mass is 16.1. The van der Waals surface area contributed by atoms with Gasteiger partial charge < -0.3 is 0 Å². The number of Topliss-reactive ketones (excluding diaryl/α,β-unsaturated/α-hetero) is 1. The molecule has 6 nitrogen and oxygen atoms in total. The van der Waals surface area contributed by atoms with E-state index in [1.165, 1.54) is 0 Å². The molecule has 1 aliphatic heterocycles. The van der Waals surface area contributed by atoms with Gasteiger partial charge in [-0.05, 0) is 23.4 Å². The summed E-state index contributed by atoms with van der Waals surface area (Å²) in [7, 11) is 1.79. The van der Waals surface area contributed by atoms with Crippen LogP contribution in [0.4, 0.5) is 0 Å². The number of tetrazole rings is 1. The van der Waals surface area contributed by atoms with Gasteiger partial charge in [-0.25, -0.2) is 4.68 Å². The zero-order valence-corrected chi connectivity index (χ0v) is 10.0. The average Bonchev–Trinajstić information content (AvgIpc) is 2.93. The van der Waals surface area contributed by atoms with Crippen molar-refractivity contribution < 1.29 is 4.79 Å². The molecule has 90 valence electrons. The van der Waals surface area contributed by atoms with Crippen molar-refractivity contribution in [3.63, 3.8) is 0 Å². The molecule has 0 saturated heterocycles. The average molecular weight is 241 g/mol. The summed E-state index contributed by atoms with van der Waals surface area (Å²) >= 11 is 0. The molecule has 1 atom stereocenters. The summed E-state index contributed by atoms with van der Waals surface area (Å²) in [5.74, 6) is 0.734. The fraction of sp³-hybridized carbons (Fsp3) is 0.250. The molecule has 2 heterocycles. The van der Waals surface area contributed by atoms with Gasteiger partial charge in [0.25, 0.3) is 0 Å². The van der Waals surface area contributed by atoms with Crippen LogP contribution in [0.3, 0.4) is 0 Å². The lowest BCUT2D eigenvalue weighted by molar-refractivity contribution is -0.113. The van der Waals surface area contributed by atoms with Gasteiger partial charge >= 0.3 is 0 Å². The summed E-state index contributed by atoms with van der Waals surface area (Å²) in [5, 5.41) is 11.4. The van der Waals surface area contributed by atoms with E-state index in [0.29, 0.717) is 5.57 Å². The minimum Gasteiger partial charge on any atom is -0.294 e. The van der Waals surface area contributed by atoms with Gasteiger partial charge in [-0.2, -0.15) is 0 Å². The Hall–Kier alpha value is -2.37. The lowest BCUT2D eigenvalue weighted by Crippen LogP contribution is -2.12. The quantitative estimate of drug-likeness (QED) is 0.764. The first-order valence-electron chi connectivity index (χ1n) is 5.59. The van der Waals surface area contributed by atoms with E-state index in [1.807, 2.05) is 18.2 Å². The highest BCUT2D eigenvalue weighted by Gasteiger charge is 2.25. The van der Waals surface area contributed by atoms with Crippen LogP contribution in [0.1, 0.15) is 18.7 Å². The third kappa shape index (κ3) is 1.54. The molecule has 1 aromatic rings. The zero-order valence-electron chi connectivity index (χ0n) is 10.0. The Bertz CT molecular complexity index is 647. The fourth-order valence-corrected chi connectivity index (χ4v) is 2.11. The summed E-state index contributed by atoms with van der Waals surface area (Å²) < 4.78 is 1.63. The van der Waals surface area contributed by atoms with Crippen LogP contribution in [-0.4, -0.2) is 31.7 Å². The third-order valence-electron chi connectivity index (χ3n) is 3.04. The number of carbonyl (C=O) groups is 1. The summed E-state index contributed by atoms with van der Waals surface area (Å²) in [4.78, 5) is 15.7. The van der Waals surface area contributed by atoms with Gasteiger partial charge in [0.1, 0.15) is 0 Å². The number of hydrogen-bond donors (Lipinski definition) is 0. The van der Waals surface area contributed by atoms with Gasteiger partial charge in [0.15, 0.2) is 11.6 Å². The zero-order chi connectivity index (χ0) is 12.7. The number of aryl methyl sites for hydroxylation is 1. The minimum atomic E-state index is -0.0280. The molecule has 0 N–H and O–H groups in total. The summed E-state index contributed by atoms with van der Waals surface area (Å²) in [6.07, 6.45) is 7.47. The highest BCUT2D eigenvalue weighted by molar-refractivity contribution is 6.21. The van der Waals surface area contributed by atoms with Gasteiger partial charge in [-0.1, -0.05) is 12.2 Å². The molecule has 0 radical (unpaired) electrons. The highest BCUT2D eigenvalue weighted by Crippen LogP contribution is 2.30. The number of hydrogen-bond acceptors (Lipinski definition) is 5. The smallest absolute Gasteiger partial charge is 0.162 e. The SMILES string of the molecule is CC(=O)C1=CN=C2C=CC(c3nnnn3C)C=C12. The molecular weight excluding hydrogens is 230 g/mol. The van der Waals surface area contributed by atoms with Gasteiger partial charge in [0.05, 0.1) is 11.6 Å². The van der Waals surface area contributed by atoms with Crippen molar-refractivity contribution in [2.24, 2.45) is 12.0 Å². The number of rotatable bonds is 2. The fourth-order valence-electron chi connectivity index (χ4n) is 2.11. The second-order valence-electron chi connectivity index (χ2n) is 4.24. The number of aliphatic imine (C=N–C) groups is 1. The standard InChI is InChI=1S/C12H11N5O/c1-7(18)10-6-13-11-4-3-8(5-9(10)11)12-14-15-16-17(12)2/h3-6,8H,1-2H3. The first-order chi connectivity index (χ1) is 8.66. The maximum Gasteiger partial charge on any atom is 0.162 e. The van der Waals surface area contributed by atoms with Crippen molar-refractivity contribution >= 4 is 11.5 Å². The van der Waals surface area contributed by atoms with E-state index in [4.69, 9.17) is 0 Å². The van der Waals surface area contributed by atoms with E-state index in [-0.39, 0.29) is 11.7 Å². The second kappa shape index (κ2) is 3.83. The van der Waals surface area contributed by atoms with E-state index < -0.39 is 0 Å². The number of allylic oxidation sites excluding steroid dienone is 5. The van der Waals surface area contributed by atoms with Crippen LogP contribution in [0.15, 0.2) is 40.6 Å². The molecule has 0 bridgehead atoms. The Morgan fingerprint density at radius 1 is 1.44 bits per heavy atom. The van der Waals surface area contributed by atoms with Gasteiger partial charge in [-0.15, -0.1) is 5.10 Å². The Morgan fingerprint density at radius 2 is 2.28 bits per heavy atom. The van der Waals surface area contributed by atoms with Gasteiger partial charge in [-0.3, -0.25) is 9.79 Å². The largest absolute Gasteiger partial charge is 0.294 e. The van der Waals surface area contributed by atoms with Gasteiger partial charge in [0, 0.05) is 24.4 Å². The lowest BCUT2D eigenvalue weighted by Gasteiger charge is -2.14. The van der Waals surface area contributed by atoms with Crippen molar-refractivity contribution in [1.82, 2.24) is 20.2 Å². The van der Waals surface area contributed by atoms with Crippen LogP contribution in [0.25, 0.3) is 0 Å². The first kappa shape index (κ1) is 10.8. The predicted octanol–water partition coefficient (Wildman–Crippen LogP) is 0.717. The number of aromatic nitrogens is 4. The first-order valence-corrected chi connectivity index (χ1v) is 5.59. The van der Waals surface area contributed by atoms with Crippen LogP contribution in [-0.2, 0) is 11.8 Å². The van der Waals surface area contributed by atoms with E-state index in [1.54, 1.807) is 24.9 Å². The Balaban J connectivity index is 2.01. The minimum absolute atomic E-state index is 0.0186. The molecule has 18 heavy (non-hydrogen) atoms. The monoisotopic (exact) mass is 241 g/mol. The summed E-state index contributed by atoms with van der Waals surface area (Å²) in [6.45, 7) is 1.54. The Kier molecular flexibility index (Phi) is 2.29. The second-order valence-corrected chi connectivity index (χ2v) is 4.24. The van der Waals surface area contributed by atoms with Crippen LogP contribution >= 0.6 is 0 Å². The van der Waals surface area contributed by atoms with Crippen LogP contribution in [0.5, 0.6) is 0 Å². The topological polar surface area (TPSA) is 73.0 Å². The molecular formula is C12H11N5O. The maximum atomic E-state index is 11.5. The third-order valence-corrected chi connectivity index (χ3v) is 3.04. The molecule has 0 aromatic carbocycles. The molecule has 0 amide bonds. The molecule has 1 aliphatic carbocycles. The summed E-state index contributed by atoms with van der Waals surface area (Å²) in [6, 6.07) is 0. The summed E-state index contributed by atoms with van der Waals surface area (Å²) in [5.41, 5.74) is 2.35. The molecule has 3 rings (SSSR count). The molecule has 0 saturated carbocycles. The molecule has 0 fully saturated rings.